The van der Waals surface area contributed by atoms with Crippen LogP contribution in [0.3, 0.4) is 0 Å². The molecule has 0 aliphatic carbocycles. The van der Waals surface area contributed by atoms with Crippen molar-refractivity contribution in [1.29, 1.82) is 0 Å². The molecular weight excluding hydrogens is 310 g/mol. The number of methoxy groups -OCH3 is 1. The molecule has 7 heteroatoms. The quantitative estimate of drug-likeness (QED) is 0.728. The fourth-order valence-corrected chi connectivity index (χ4v) is 2.49. The molecular formula is C17H25N3O4. The van der Waals surface area contributed by atoms with Crippen LogP contribution in [0.1, 0.15) is 6.92 Å². The van der Waals surface area contributed by atoms with Gasteiger partial charge in [-0.25, -0.2) is 0 Å². The minimum absolute atomic E-state index is 0.0580. The Bertz CT molecular complexity index is 539. The van der Waals surface area contributed by atoms with Gasteiger partial charge in [0, 0.05) is 39.6 Å². The number of nitrogens with one attached hydrogen (secondary N) is 1. The van der Waals surface area contributed by atoms with E-state index in [9.17, 15) is 9.59 Å². The molecule has 1 aromatic rings. The van der Waals surface area contributed by atoms with Crippen molar-refractivity contribution in [3.05, 3.63) is 24.3 Å². The molecule has 1 aromatic carbocycles. The van der Waals surface area contributed by atoms with Crippen LogP contribution >= 0.6 is 0 Å². The number of ether oxygens (including phenoxy) is 2. The molecule has 24 heavy (non-hydrogen) atoms. The molecule has 0 radical (unpaired) electrons. The summed E-state index contributed by atoms with van der Waals surface area (Å²) >= 11 is 0. The Hall–Kier alpha value is -2.28. The zero-order chi connectivity index (χ0) is 17.4. The topological polar surface area (TPSA) is 71.1 Å². The molecule has 0 bridgehead atoms. The van der Waals surface area contributed by atoms with E-state index in [4.69, 9.17) is 9.47 Å². The van der Waals surface area contributed by atoms with E-state index >= 15 is 0 Å². The van der Waals surface area contributed by atoms with E-state index in [1.807, 2.05) is 24.3 Å². The van der Waals surface area contributed by atoms with E-state index in [0.717, 1.165) is 11.5 Å². The molecule has 7 nitrogen and oxygen atoms in total. The molecule has 1 heterocycles. The average molecular weight is 335 g/mol. The second-order valence-corrected chi connectivity index (χ2v) is 5.59. The molecule has 0 atom stereocenters. The summed E-state index contributed by atoms with van der Waals surface area (Å²) in [5, 5.41) is 3.09. The lowest BCUT2D eigenvalue weighted by Gasteiger charge is -2.34. The first-order valence-corrected chi connectivity index (χ1v) is 8.11. The van der Waals surface area contributed by atoms with Crippen LogP contribution in [-0.4, -0.2) is 74.6 Å². The van der Waals surface area contributed by atoms with Crippen molar-refractivity contribution in [2.75, 3.05) is 53.0 Å². The van der Waals surface area contributed by atoms with Gasteiger partial charge in [0.15, 0.2) is 0 Å². The smallest absolute Gasteiger partial charge is 0.236 e. The third-order valence-corrected chi connectivity index (χ3v) is 3.96. The van der Waals surface area contributed by atoms with Crippen molar-refractivity contribution in [2.24, 2.45) is 0 Å². The Labute approximate surface area is 142 Å². The summed E-state index contributed by atoms with van der Waals surface area (Å²) in [6.45, 7) is 5.34. The number of hydrogen-bond acceptors (Lipinski definition) is 5. The van der Waals surface area contributed by atoms with Crippen LogP contribution < -0.4 is 14.8 Å². The lowest BCUT2D eigenvalue weighted by molar-refractivity contribution is -0.137. The molecule has 2 rings (SSSR count). The van der Waals surface area contributed by atoms with Gasteiger partial charge in [0.1, 0.15) is 18.1 Å². The first-order valence-electron chi connectivity index (χ1n) is 8.11. The van der Waals surface area contributed by atoms with Crippen LogP contribution in [0, 0.1) is 0 Å². The molecule has 0 spiro atoms. The first-order chi connectivity index (χ1) is 11.6. The molecule has 1 N–H and O–H groups in total. The third-order valence-electron chi connectivity index (χ3n) is 3.96. The van der Waals surface area contributed by atoms with Crippen LogP contribution in [0.15, 0.2) is 24.3 Å². The van der Waals surface area contributed by atoms with Crippen molar-refractivity contribution in [3.8, 4) is 11.5 Å². The van der Waals surface area contributed by atoms with Gasteiger partial charge < -0.3 is 24.6 Å². The number of rotatable bonds is 7. The van der Waals surface area contributed by atoms with Crippen LogP contribution in [0.2, 0.25) is 0 Å². The number of carbonyl (C=O) groups is 2. The number of benzene rings is 1. The largest absolute Gasteiger partial charge is 0.497 e. The lowest BCUT2D eigenvalue weighted by Crippen LogP contribution is -2.52. The number of hydrogen-bond donors (Lipinski definition) is 1. The van der Waals surface area contributed by atoms with Crippen molar-refractivity contribution in [3.63, 3.8) is 0 Å². The summed E-state index contributed by atoms with van der Waals surface area (Å²) in [5.41, 5.74) is 0. The number of carbonyl (C=O) groups excluding carboxylic acids is 2. The molecule has 0 unspecified atom stereocenters. The summed E-state index contributed by atoms with van der Waals surface area (Å²) < 4.78 is 10.7. The van der Waals surface area contributed by atoms with Gasteiger partial charge in [-0.1, -0.05) is 0 Å². The Kier molecular flexibility index (Phi) is 6.87. The van der Waals surface area contributed by atoms with Gasteiger partial charge in [0.25, 0.3) is 0 Å². The van der Waals surface area contributed by atoms with Crippen molar-refractivity contribution in [1.82, 2.24) is 15.1 Å². The standard InChI is InChI=1S/C17H25N3O4/c1-14(21)19-8-10-20(11-9-19)17(22)13-18-7-12-24-16-5-3-15(23-2)4-6-16/h3-6,18H,7-13H2,1-2H3. The fourth-order valence-electron chi connectivity index (χ4n) is 2.49. The third kappa shape index (κ3) is 5.42. The maximum absolute atomic E-state index is 12.1. The van der Waals surface area contributed by atoms with Crippen LogP contribution in [0.4, 0.5) is 0 Å². The maximum Gasteiger partial charge on any atom is 0.236 e. The van der Waals surface area contributed by atoms with Crippen molar-refractivity contribution in [2.45, 2.75) is 6.92 Å². The molecule has 0 aromatic heterocycles. The number of amides is 2. The van der Waals surface area contributed by atoms with E-state index in [1.54, 1.807) is 23.8 Å². The first kappa shape index (κ1) is 18.1. The van der Waals surface area contributed by atoms with E-state index in [1.165, 1.54) is 0 Å². The zero-order valence-electron chi connectivity index (χ0n) is 14.3. The van der Waals surface area contributed by atoms with E-state index in [2.05, 4.69) is 5.32 Å². The maximum atomic E-state index is 12.1. The highest BCUT2D eigenvalue weighted by Gasteiger charge is 2.21. The highest BCUT2D eigenvalue weighted by molar-refractivity contribution is 5.79. The van der Waals surface area contributed by atoms with Gasteiger partial charge in [0.2, 0.25) is 11.8 Å². The van der Waals surface area contributed by atoms with E-state index < -0.39 is 0 Å². The molecule has 132 valence electrons. The predicted molar refractivity (Wildman–Crippen MR) is 90.2 cm³/mol. The second kappa shape index (κ2) is 9.12. The lowest BCUT2D eigenvalue weighted by atomic mass is 10.3. The van der Waals surface area contributed by atoms with Gasteiger partial charge in [0.05, 0.1) is 13.7 Å². The minimum Gasteiger partial charge on any atom is -0.497 e. The Morgan fingerprint density at radius 2 is 1.62 bits per heavy atom. The summed E-state index contributed by atoms with van der Waals surface area (Å²) in [6, 6.07) is 7.37. The molecule has 1 fully saturated rings. The molecule has 2 amide bonds. The number of nitrogens with zero attached hydrogens (tertiary/aromatic N) is 2. The summed E-state index contributed by atoms with van der Waals surface area (Å²) in [5.74, 6) is 1.68. The highest BCUT2D eigenvalue weighted by atomic mass is 16.5. The normalized spacial score (nSPS) is 14.4. The monoisotopic (exact) mass is 335 g/mol. The summed E-state index contributed by atoms with van der Waals surface area (Å²) in [6.07, 6.45) is 0. The Balaban J connectivity index is 1.58. The summed E-state index contributed by atoms with van der Waals surface area (Å²) in [4.78, 5) is 26.9. The zero-order valence-corrected chi connectivity index (χ0v) is 14.3. The van der Waals surface area contributed by atoms with Gasteiger partial charge in [-0.2, -0.15) is 0 Å². The van der Waals surface area contributed by atoms with E-state index in [0.29, 0.717) is 39.3 Å². The molecule has 1 aliphatic rings. The molecule has 1 aliphatic heterocycles. The fraction of sp³-hybridized carbons (Fsp3) is 0.529. The molecule has 1 saturated heterocycles. The van der Waals surface area contributed by atoms with Crippen molar-refractivity contribution < 1.29 is 19.1 Å². The highest BCUT2D eigenvalue weighted by Crippen LogP contribution is 2.16. The second-order valence-electron chi connectivity index (χ2n) is 5.59. The SMILES string of the molecule is COc1ccc(OCCNCC(=O)N2CCN(C(C)=O)CC2)cc1. The summed E-state index contributed by atoms with van der Waals surface area (Å²) in [7, 11) is 1.62. The van der Waals surface area contributed by atoms with Crippen LogP contribution in [0.25, 0.3) is 0 Å². The van der Waals surface area contributed by atoms with Gasteiger partial charge in [-0.15, -0.1) is 0 Å². The predicted octanol–water partition coefficient (Wildman–Crippen LogP) is 0.354. The number of piperazine rings is 1. The Morgan fingerprint density at radius 3 is 2.21 bits per heavy atom. The van der Waals surface area contributed by atoms with Gasteiger partial charge in [-0.05, 0) is 24.3 Å². The van der Waals surface area contributed by atoms with Gasteiger partial charge in [-0.3, -0.25) is 9.59 Å². The molecule has 0 saturated carbocycles. The van der Waals surface area contributed by atoms with Crippen LogP contribution in [-0.2, 0) is 9.59 Å². The Morgan fingerprint density at radius 1 is 1.04 bits per heavy atom. The van der Waals surface area contributed by atoms with Crippen molar-refractivity contribution >= 4 is 11.8 Å². The van der Waals surface area contributed by atoms with Crippen LogP contribution in [0.5, 0.6) is 11.5 Å². The average Bonchev–Trinajstić information content (AvgIpc) is 2.62. The minimum atomic E-state index is 0.0580. The van der Waals surface area contributed by atoms with E-state index in [-0.39, 0.29) is 18.4 Å². The van der Waals surface area contributed by atoms with Gasteiger partial charge >= 0.3 is 0 Å².